The minimum absolute atomic E-state index is 0.368. The topological polar surface area (TPSA) is 61.8 Å². The average Bonchev–Trinajstić information content (AvgIpc) is 2.73. The summed E-state index contributed by atoms with van der Waals surface area (Å²) in [6, 6.07) is 15.9. The van der Waals surface area contributed by atoms with Crippen molar-refractivity contribution < 1.29 is 23.8 Å². The third-order valence-corrected chi connectivity index (χ3v) is 4.01. The number of ether oxygens (including phenoxy) is 3. The van der Waals surface area contributed by atoms with Crippen molar-refractivity contribution in [1.82, 2.24) is 0 Å². The van der Waals surface area contributed by atoms with Gasteiger partial charge in [0.05, 0.1) is 18.8 Å². The lowest BCUT2D eigenvalue weighted by atomic mass is 10.1. The molecule has 0 aromatic heterocycles. The lowest BCUT2D eigenvalue weighted by molar-refractivity contribution is -0.137. The molecule has 0 atom stereocenters. The Balaban J connectivity index is 1.58. The summed E-state index contributed by atoms with van der Waals surface area (Å²) in [5, 5.41) is 0. The van der Waals surface area contributed by atoms with E-state index in [1.807, 2.05) is 18.2 Å². The van der Waals surface area contributed by atoms with E-state index >= 15 is 0 Å². The number of rotatable bonds is 12. The van der Waals surface area contributed by atoms with Crippen LogP contribution >= 0.6 is 0 Å². The summed E-state index contributed by atoms with van der Waals surface area (Å²) >= 11 is 0. The Morgan fingerprint density at radius 1 is 0.786 bits per heavy atom. The Morgan fingerprint density at radius 2 is 1.43 bits per heavy atom. The highest BCUT2D eigenvalue weighted by molar-refractivity contribution is 5.91. The maximum atomic E-state index is 12.1. The Kier molecular flexibility index (Phi) is 9.35. The van der Waals surface area contributed by atoms with Crippen LogP contribution in [0.25, 0.3) is 0 Å². The van der Waals surface area contributed by atoms with Gasteiger partial charge < -0.3 is 14.2 Å². The number of hydrogen-bond acceptors (Lipinski definition) is 5. The van der Waals surface area contributed by atoms with E-state index in [-0.39, 0.29) is 5.97 Å². The molecular formula is C23H26O5. The zero-order valence-corrected chi connectivity index (χ0v) is 16.0. The van der Waals surface area contributed by atoms with E-state index in [1.165, 1.54) is 6.08 Å². The van der Waals surface area contributed by atoms with E-state index in [0.717, 1.165) is 37.9 Å². The van der Waals surface area contributed by atoms with Gasteiger partial charge in [0, 0.05) is 6.08 Å². The summed E-state index contributed by atoms with van der Waals surface area (Å²) in [6.45, 7) is 4.42. The number of para-hydroxylation sites is 1. The summed E-state index contributed by atoms with van der Waals surface area (Å²) in [6.07, 6.45) is 6.13. The van der Waals surface area contributed by atoms with Crippen molar-refractivity contribution in [2.45, 2.75) is 32.1 Å². The lowest BCUT2D eigenvalue weighted by Gasteiger charge is -2.08. The molecular weight excluding hydrogens is 356 g/mol. The Morgan fingerprint density at radius 3 is 2.11 bits per heavy atom. The van der Waals surface area contributed by atoms with Crippen LogP contribution in [-0.4, -0.2) is 25.2 Å². The molecule has 0 heterocycles. The van der Waals surface area contributed by atoms with E-state index in [0.29, 0.717) is 24.5 Å². The molecule has 0 aliphatic carbocycles. The van der Waals surface area contributed by atoms with Gasteiger partial charge in [0.2, 0.25) is 0 Å². The van der Waals surface area contributed by atoms with Crippen molar-refractivity contribution in [1.29, 1.82) is 0 Å². The minimum Gasteiger partial charge on any atom is -0.494 e. The number of carbonyl (C=O) groups is 2. The third-order valence-electron chi connectivity index (χ3n) is 4.01. The van der Waals surface area contributed by atoms with Crippen LogP contribution in [0.4, 0.5) is 0 Å². The molecule has 2 aromatic rings. The fourth-order valence-corrected chi connectivity index (χ4v) is 2.50. The normalized spacial score (nSPS) is 10.1. The highest BCUT2D eigenvalue weighted by Gasteiger charge is 2.08. The van der Waals surface area contributed by atoms with Crippen molar-refractivity contribution in [3.05, 3.63) is 72.8 Å². The van der Waals surface area contributed by atoms with E-state index in [2.05, 4.69) is 6.58 Å². The third kappa shape index (κ3) is 8.08. The molecule has 0 aliphatic heterocycles. The second-order valence-corrected chi connectivity index (χ2v) is 6.21. The number of esters is 2. The summed E-state index contributed by atoms with van der Waals surface area (Å²) in [5.41, 5.74) is 0.480. The molecule has 0 saturated carbocycles. The first-order valence-electron chi connectivity index (χ1n) is 9.48. The summed E-state index contributed by atoms with van der Waals surface area (Å²) in [4.78, 5) is 23.0. The average molecular weight is 382 g/mol. The summed E-state index contributed by atoms with van der Waals surface area (Å²) < 4.78 is 15.9. The molecule has 0 saturated heterocycles. The molecule has 0 bridgehead atoms. The molecule has 0 radical (unpaired) electrons. The van der Waals surface area contributed by atoms with Crippen LogP contribution in [0.2, 0.25) is 0 Å². The maximum Gasteiger partial charge on any atom is 0.343 e. The predicted molar refractivity (Wildman–Crippen MR) is 108 cm³/mol. The molecule has 2 rings (SSSR count). The molecule has 0 spiro atoms. The molecule has 0 unspecified atom stereocenters. The van der Waals surface area contributed by atoms with Crippen LogP contribution in [0.3, 0.4) is 0 Å². The van der Waals surface area contributed by atoms with Crippen LogP contribution in [0.15, 0.2) is 67.3 Å². The number of carbonyl (C=O) groups excluding carboxylic acids is 2. The van der Waals surface area contributed by atoms with Gasteiger partial charge in [0.15, 0.2) is 0 Å². The zero-order valence-electron chi connectivity index (χ0n) is 16.0. The fourth-order valence-electron chi connectivity index (χ4n) is 2.50. The number of unbranched alkanes of at least 4 members (excludes halogenated alkanes) is 4. The van der Waals surface area contributed by atoms with Crippen LogP contribution in [0, 0.1) is 0 Å². The standard InChI is InChI=1S/C23H26O5/c1-2-22(24)27-18-10-5-3-4-9-17-26-20-15-13-19(14-16-20)23(25)28-21-11-7-6-8-12-21/h2,6-8,11-16H,1,3-5,9-10,17-18H2. The van der Waals surface area contributed by atoms with E-state index < -0.39 is 5.97 Å². The largest absolute Gasteiger partial charge is 0.494 e. The van der Waals surface area contributed by atoms with Gasteiger partial charge in [-0.25, -0.2) is 9.59 Å². The van der Waals surface area contributed by atoms with Gasteiger partial charge in [-0.1, -0.05) is 44.0 Å². The van der Waals surface area contributed by atoms with Crippen molar-refractivity contribution in [3.63, 3.8) is 0 Å². The van der Waals surface area contributed by atoms with E-state index in [9.17, 15) is 9.59 Å². The lowest BCUT2D eigenvalue weighted by Crippen LogP contribution is -2.08. The summed E-state index contributed by atoms with van der Waals surface area (Å²) in [5.74, 6) is 0.489. The number of hydrogen-bond donors (Lipinski definition) is 0. The Hall–Kier alpha value is -3.08. The van der Waals surface area contributed by atoms with Crippen molar-refractivity contribution in [2.75, 3.05) is 13.2 Å². The fraction of sp³-hybridized carbons (Fsp3) is 0.304. The molecule has 5 nitrogen and oxygen atoms in total. The van der Waals surface area contributed by atoms with Crippen LogP contribution in [0.1, 0.15) is 42.5 Å². The van der Waals surface area contributed by atoms with Gasteiger partial charge in [-0.2, -0.15) is 0 Å². The SMILES string of the molecule is C=CC(=O)OCCCCCCCOc1ccc(C(=O)Oc2ccccc2)cc1. The molecule has 2 aromatic carbocycles. The molecule has 28 heavy (non-hydrogen) atoms. The van der Waals surface area contributed by atoms with Gasteiger partial charge in [-0.05, 0) is 49.2 Å². The van der Waals surface area contributed by atoms with Gasteiger partial charge >= 0.3 is 11.9 Å². The molecule has 5 heteroatoms. The first kappa shape index (κ1) is 21.2. The van der Waals surface area contributed by atoms with Gasteiger partial charge in [0.1, 0.15) is 11.5 Å². The molecule has 0 N–H and O–H groups in total. The van der Waals surface area contributed by atoms with E-state index in [4.69, 9.17) is 14.2 Å². The predicted octanol–water partition coefficient (Wildman–Crippen LogP) is 4.96. The van der Waals surface area contributed by atoms with Crippen LogP contribution in [0.5, 0.6) is 11.5 Å². The quantitative estimate of drug-likeness (QED) is 0.225. The highest BCUT2D eigenvalue weighted by atomic mass is 16.5. The van der Waals surface area contributed by atoms with Crippen molar-refractivity contribution in [2.24, 2.45) is 0 Å². The van der Waals surface area contributed by atoms with Crippen LogP contribution in [-0.2, 0) is 9.53 Å². The second kappa shape index (κ2) is 12.3. The van der Waals surface area contributed by atoms with Gasteiger partial charge in [-0.3, -0.25) is 0 Å². The zero-order chi connectivity index (χ0) is 20.0. The smallest absolute Gasteiger partial charge is 0.343 e. The second-order valence-electron chi connectivity index (χ2n) is 6.21. The summed E-state index contributed by atoms with van der Waals surface area (Å²) in [7, 11) is 0. The van der Waals surface area contributed by atoms with Gasteiger partial charge in [0.25, 0.3) is 0 Å². The molecule has 148 valence electrons. The first-order chi connectivity index (χ1) is 13.7. The molecule has 0 aliphatic rings. The van der Waals surface area contributed by atoms with Crippen LogP contribution < -0.4 is 9.47 Å². The van der Waals surface area contributed by atoms with Crippen molar-refractivity contribution in [3.8, 4) is 11.5 Å². The highest BCUT2D eigenvalue weighted by Crippen LogP contribution is 2.16. The maximum absolute atomic E-state index is 12.1. The minimum atomic E-state index is -0.392. The molecule has 0 fully saturated rings. The first-order valence-corrected chi connectivity index (χ1v) is 9.48. The Bertz CT molecular complexity index is 737. The van der Waals surface area contributed by atoms with Crippen molar-refractivity contribution >= 4 is 11.9 Å². The Labute approximate surface area is 165 Å². The van der Waals surface area contributed by atoms with E-state index in [1.54, 1.807) is 36.4 Å². The monoisotopic (exact) mass is 382 g/mol. The van der Waals surface area contributed by atoms with Gasteiger partial charge in [-0.15, -0.1) is 0 Å². The number of benzene rings is 2. The molecule has 0 amide bonds.